The molecule has 0 aromatic heterocycles. The molecule has 0 spiro atoms. The number of rotatable bonds is 4. The van der Waals surface area contributed by atoms with E-state index in [9.17, 15) is 13.5 Å². The smallest absolute Gasteiger partial charge is 0.246 e. The Morgan fingerprint density at radius 3 is 2.30 bits per heavy atom. The predicted molar refractivity (Wildman–Crippen MR) is 88.0 cm³/mol. The minimum Gasteiger partial charge on any atom is -0.373 e. The first-order valence-electron chi connectivity index (χ1n) is 7.41. The van der Waals surface area contributed by atoms with E-state index in [1.165, 1.54) is 0 Å². The summed E-state index contributed by atoms with van der Waals surface area (Å²) in [5.41, 5.74) is 2.39. The molecule has 0 saturated carbocycles. The fraction of sp³-hybridized carbons (Fsp3) is 0.294. The van der Waals surface area contributed by atoms with Crippen LogP contribution in [-0.4, -0.2) is 36.8 Å². The van der Waals surface area contributed by atoms with Gasteiger partial charge in [0.15, 0.2) is 0 Å². The third-order valence-electron chi connectivity index (χ3n) is 3.99. The van der Waals surface area contributed by atoms with E-state index in [1.54, 1.807) is 24.3 Å². The van der Waals surface area contributed by atoms with E-state index >= 15 is 0 Å². The molecule has 2 aromatic rings. The van der Waals surface area contributed by atoms with E-state index in [1.807, 2.05) is 43.3 Å². The van der Waals surface area contributed by atoms with E-state index in [2.05, 4.69) is 0 Å². The molecule has 1 aliphatic heterocycles. The highest BCUT2D eigenvalue weighted by Gasteiger charge is 2.41. The summed E-state index contributed by atoms with van der Waals surface area (Å²) in [7, 11) is 0.263. The first-order chi connectivity index (χ1) is 10.9. The van der Waals surface area contributed by atoms with Crippen LogP contribution in [0.4, 0.5) is 0 Å². The second-order valence-electron chi connectivity index (χ2n) is 5.97. The lowest BCUT2D eigenvalue weighted by atomic mass is 10.1. The van der Waals surface area contributed by atoms with Crippen molar-refractivity contribution in [1.82, 2.24) is 9.21 Å². The molecule has 1 atom stereocenters. The molecule has 0 bridgehead atoms. The summed E-state index contributed by atoms with van der Waals surface area (Å²) < 4.78 is 26.5. The molecule has 122 valence electrons. The van der Waals surface area contributed by atoms with E-state index in [4.69, 9.17) is 0 Å². The number of hydrogen-bond donors (Lipinski definition) is 1. The lowest BCUT2D eigenvalue weighted by molar-refractivity contribution is 0.0647. The van der Waals surface area contributed by atoms with Crippen LogP contribution in [0.1, 0.15) is 22.9 Å². The second kappa shape index (κ2) is 6.05. The second-order valence-corrected chi connectivity index (χ2v) is 7.83. The van der Waals surface area contributed by atoms with Gasteiger partial charge in [0.1, 0.15) is 6.23 Å². The highest BCUT2D eigenvalue weighted by molar-refractivity contribution is 7.89. The van der Waals surface area contributed by atoms with Gasteiger partial charge in [0, 0.05) is 18.7 Å². The number of aliphatic hydroxyl groups excluding tert-OH is 1. The summed E-state index contributed by atoms with van der Waals surface area (Å²) in [6, 6.07) is 14.3. The normalized spacial score (nSPS) is 19.9. The van der Waals surface area contributed by atoms with Crippen LogP contribution in [0, 0.1) is 0 Å². The summed E-state index contributed by atoms with van der Waals surface area (Å²) in [6.07, 6.45) is -1.14. The fourth-order valence-corrected chi connectivity index (χ4v) is 4.55. The maximum absolute atomic E-state index is 12.7. The van der Waals surface area contributed by atoms with Crippen LogP contribution >= 0.6 is 0 Å². The van der Waals surface area contributed by atoms with Crippen LogP contribution in [0.5, 0.6) is 0 Å². The molecule has 23 heavy (non-hydrogen) atoms. The first kappa shape index (κ1) is 16.1. The summed E-state index contributed by atoms with van der Waals surface area (Å²) in [5.74, 6) is 0. The molecule has 1 N–H and O–H groups in total. The first-order valence-corrected chi connectivity index (χ1v) is 8.85. The molecule has 0 fully saturated rings. The monoisotopic (exact) mass is 332 g/mol. The molecule has 2 aromatic carbocycles. The SMILES string of the molecule is CN(C)Cc1ccccc1CN1C(O)c2ccccc2S1(=O)=O. The average Bonchev–Trinajstić information content (AvgIpc) is 2.70. The third kappa shape index (κ3) is 2.90. The summed E-state index contributed by atoms with van der Waals surface area (Å²) >= 11 is 0. The van der Waals surface area contributed by atoms with Crippen molar-refractivity contribution in [3.05, 3.63) is 65.2 Å². The average molecular weight is 332 g/mol. The molecule has 0 aliphatic carbocycles. The van der Waals surface area contributed by atoms with Gasteiger partial charge in [-0.25, -0.2) is 8.42 Å². The standard InChI is InChI=1S/C17H20N2O3S/c1-18(2)11-13-7-3-4-8-14(13)12-19-17(20)15-9-5-6-10-16(15)23(19,21)22/h3-10,17,20H,11-12H2,1-2H3. The summed E-state index contributed by atoms with van der Waals surface area (Å²) in [6.45, 7) is 0.870. The van der Waals surface area contributed by atoms with Gasteiger partial charge in [0.2, 0.25) is 10.0 Å². The lowest BCUT2D eigenvalue weighted by Crippen LogP contribution is -2.28. The van der Waals surface area contributed by atoms with Crippen LogP contribution in [0.3, 0.4) is 0 Å². The zero-order chi connectivity index (χ0) is 16.6. The molecule has 0 radical (unpaired) electrons. The van der Waals surface area contributed by atoms with Crippen molar-refractivity contribution in [2.75, 3.05) is 14.1 Å². The Labute approximate surface area is 136 Å². The molecule has 1 aliphatic rings. The Morgan fingerprint density at radius 1 is 1.04 bits per heavy atom. The van der Waals surface area contributed by atoms with Gasteiger partial charge in [0.25, 0.3) is 0 Å². The van der Waals surface area contributed by atoms with Crippen LogP contribution < -0.4 is 0 Å². The van der Waals surface area contributed by atoms with Gasteiger partial charge < -0.3 is 10.0 Å². The molecule has 6 heteroatoms. The molecular formula is C17H20N2O3S. The van der Waals surface area contributed by atoms with Crippen molar-refractivity contribution < 1.29 is 13.5 Å². The largest absolute Gasteiger partial charge is 0.373 e. The number of hydrogen-bond acceptors (Lipinski definition) is 4. The van der Waals surface area contributed by atoms with Crippen molar-refractivity contribution in [2.45, 2.75) is 24.2 Å². The Morgan fingerprint density at radius 2 is 1.65 bits per heavy atom. The third-order valence-corrected chi connectivity index (χ3v) is 5.86. The molecule has 3 rings (SSSR count). The molecule has 0 amide bonds. The Bertz CT molecular complexity index is 818. The fourth-order valence-electron chi connectivity index (χ4n) is 2.89. The Balaban J connectivity index is 1.96. The van der Waals surface area contributed by atoms with Gasteiger partial charge in [-0.1, -0.05) is 42.5 Å². The van der Waals surface area contributed by atoms with Gasteiger partial charge in [-0.15, -0.1) is 0 Å². The van der Waals surface area contributed by atoms with Crippen molar-refractivity contribution in [3.63, 3.8) is 0 Å². The topological polar surface area (TPSA) is 60.9 Å². The van der Waals surface area contributed by atoms with Gasteiger partial charge in [0.05, 0.1) is 4.90 Å². The minimum absolute atomic E-state index is 0.155. The minimum atomic E-state index is -3.67. The zero-order valence-electron chi connectivity index (χ0n) is 13.2. The van der Waals surface area contributed by atoms with Crippen LogP contribution in [0.2, 0.25) is 0 Å². The van der Waals surface area contributed by atoms with Crippen LogP contribution in [0.25, 0.3) is 0 Å². The Kier molecular flexibility index (Phi) is 4.25. The number of sulfonamides is 1. The number of aliphatic hydroxyl groups is 1. The van der Waals surface area contributed by atoms with E-state index in [-0.39, 0.29) is 11.4 Å². The molecule has 0 saturated heterocycles. The van der Waals surface area contributed by atoms with Crippen molar-refractivity contribution in [3.8, 4) is 0 Å². The van der Waals surface area contributed by atoms with Crippen LogP contribution in [-0.2, 0) is 23.1 Å². The number of nitrogens with zero attached hydrogens (tertiary/aromatic N) is 2. The highest BCUT2D eigenvalue weighted by atomic mass is 32.2. The maximum Gasteiger partial charge on any atom is 0.246 e. The van der Waals surface area contributed by atoms with Crippen molar-refractivity contribution in [2.24, 2.45) is 0 Å². The van der Waals surface area contributed by atoms with Crippen molar-refractivity contribution in [1.29, 1.82) is 0 Å². The van der Waals surface area contributed by atoms with Gasteiger partial charge in [-0.2, -0.15) is 4.31 Å². The van der Waals surface area contributed by atoms with E-state index in [0.717, 1.165) is 15.4 Å². The highest BCUT2D eigenvalue weighted by Crippen LogP contribution is 2.38. The molecule has 1 heterocycles. The van der Waals surface area contributed by atoms with E-state index < -0.39 is 16.3 Å². The van der Waals surface area contributed by atoms with Crippen molar-refractivity contribution >= 4 is 10.0 Å². The van der Waals surface area contributed by atoms with Gasteiger partial charge in [-0.3, -0.25) is 0 Å². The zero-order valence-corrected chi connectivity index (χ0v) is 14.0. The number of benzene rings is 2. The lowest BCUT2D eigenvalue weighted by Gasteiger charge is -2.21. The number of fused-ring (bicyclic) bond motifs is 1. The quantitative estimate of drug-likeness (QED) is 0.929. The Hall–Kier alpha value is -1.73. The maximum atomic E-state index is 12.7. The molecular weight excluding hydrogens is 312 g/mol. The van der Waals surface area contributed by atoms with E-state index in [0.29, 0.717) is 12.1 Å². The molecule has 5 nitrogen and oxygen atoms in total. The summed E-state index contributed by atoms with van der Waals surface area (Å²) in [4.78, 5) is 2.22. The van der Waals surface area contributed by atoms with Gasteiger partial charge >= 0.3 is 0 Å². The summed E-state index contributed by atoms with van der Waals surface area (Å²) in [5, 5.41) is 10.4. The van der Waals surface area contributed by atoms with Gasteiger partial charge in [-0.05, 0) is 31.3 Å². The molecule has 1 unspecified atom stereocenters. The predicted octanol–water partition coefficient (Wildman–Crippen LogP) is 1.94. The van der Waals surface area contributed by atoms with Crippen LogP contribution in [0.15, 0.2) is 53.4 Å².